The maximum Gasteiger partial charge on any atom is 0.234 e. The molecule has 2 aromatic carbocycles. The number of imidazole rings is 1. The van der Waals surface area contributed by atoms with Crippen molar-refractivity contribution in [3.8, 4) is 0 Å². The molecule has 1 fully saturated rings. The highest BCUT2D eigenvalue weighted by Crippen LogP contribution is 2.37. The van der Waals surface area contributed by atoms with Gasteiger partial charge >= 0.3 is 0 Å². The van der Waals surface area contributed by atoms with Gasteiger partial charge in [0.25, 0.3) is 0 Å². The topological polar surface area (TPSA) is 46.9 Å². The minimum Gasteiger partial charge on any atom is -0.324 e. The van der Waals surface area contributed by atoms with Crippen LogP contribution in [-0.2, 0) is 4.79 Å². The molecule has 1 heterocycles. The molecule has 6 heteroatoms. The van der Waals surface area contributed by atoms with Crippen LogP contribution in [0.25, 0.3) is 0 Å². The molecule has 0 aliphatic heterocycles. The Morgan fingerprint density at radius 1 is 1.12 bits per heavy atom. The summed E-state index contributed by atoms with van der Waals surface area (Å²) in [5, 5.41) is 3.97. The second-order valence-corrected chi connectivity index (χ2v) is 8.15. The minimum absolute atomic E-state index is 0.0125. The molecule has 1 saturated carbocycles. The maximum absolute atomic E-state index is 12.4. The third kappa shape index (κ3) is 4.31. The fraction of sp³-hybridized carbons (Fsp3) is 0.200. The number of hydrogen-bond acceptors (Lipinski definition) is 4. The number of thioether (sulfide) groups is 1. The van der Waals surface area contributed by atoms with Crippen molar-refractivity contribution in [1.82, 2.24) is 9.55 Å². The number of para-hydroxylation sites is 1. The number of hydrogen-bond donors (Lipinski definition) is 1. The summed E-state index contributed by atoms with van der Waals surface area (Å²) < 4.78 is 2.18. The number of rotatable bonds is 7. The van der Waals surface area contributed by atoms with Crippen LogP contribution in [0.15, 0.2) is 81.9 Å². The van der Waals surface area contributed by atoms with Crippen LogP contribution in [0.5, 0.6) is 0 Å². The SMILES string of the molecule is O=C(CSc1nccn1C1CC1)Nc1ccccc1Sc1ccccc1. The number of nitrogens with zero attached hydrogens (tertiary/aromatic N) is 2. The number of aromatic nitrogens is 2. The molecule has 132 valence electrons. The Hall–Kier alpha value is -2.18. The molecule has 26 heavy (non-hydrogen) atoms. The maximum atomic E-state index is 12.4. The molecular formula is C20H19N3OS2. The number of anilines is 1. The molecule has 1 N–H and O–H groups in total. The average Bonchev–Trinajstić information content (AvgIpc) is 3.40. The molecule has 1 aliphatic rings. The smallest absolute Gasteiger partial charge is 0.234 e. The second kappa shape index (κ2) is 8.01. The fourth-order valence-corrected chi connectivity index (χ4v) is 4.38. The van der Waals surface area contributed by atoms with Gasteiger partial charge in [0.05, 0.1) is 11.4 Å². The van der Waals surface area contributed by atoms with Crippen LogP contribution in [0, 0.1) is 0 Å². The van der Waals surface area contributed by atoms with E-state index in [2.05, 4.69) is 27.0 Å². The van der Waals surface area contributed by atoms with E-state index in [0.29, 0.717) is 11.8 Å². The van der Waals surface area contributed by atoms with Crippen molar-refractivity contribution in [3.63, 3.8) is 0 Å². The van der Waals surface area contributed by atoms with Gasteiger partial charge in [0.2, 0.25) is 5.91 Å². The summed E-state index contributed by atoms with van der Waals surface area (Å²) in [4.78, 5) is 19.0. The molecule has 0 bridgehead atoms. The van der Waals surface area contributed by atoms with E-state index < -0.39 is 0 Å². The van der Waals surface area contributed by atoms with E-state index in [1.165, 1.54) is 24.6 Å². The van der Waals surface area contributed by atoms with Crippen LogP contribution in [0.3, 0.4) is 0 Å². The van der Waals surface area contributed by atoms with Crippen LogP contribution >= 0.6 is 23.5 Å². The quantitative estimate of drug-likeness (QED) is 0.579. The van der Waals surface area contributed by atoms with Crippen LogP contribution in [0.2, 0.25) is 0 Å². The van der Waals surface area contributed by atoms with E-state index in [1.807, 2.05) is 54.9 Å². The molecule has 0 saturated heterocycles. The lowest BCUT2D eigenvalue weighted by Crippen LogP contribution is -2.15. The molecule has 0 unspecified atom stereocenters. The van der Waals surface area contributed by atoms with Crippen LogP contribution in [0.4, 0.5) is 5.69 Å². The summed E-state index contributed by atoms with van der Waals surface area (Å²) >= 11 is 3.14. The Morgan fingerprint density at radius 2 is 1.88 bits per heavy atom. The van der Waals surface area contributed by atoms with Crippen LogP contribution in [-0.4, -0.2) is 21.2 Å². The van der Waals surface area contributed by atoms with E-state index in [4.69, 9.17) is 0 Å². The standard InChI is InChI=1S/C20H19N3OS2/c24-19(14-25-20-21-12-13-23(20)15-10-11-15)22-17-8-4-5-9-18(17)26-16-6-2-1-3-7-16/h1-9,12-13,15H,10-11,14H2,(H,22,24). The first kappa shape index (κ1) is 17.2. The van der Waals surface area contributed by atoms with E-state index in [1.54, 1.807) is 11.8 Å². The lowest BCUT2D eigenvalue weighted by molar-refractivity contribution is -0.113. The van der Waals surface area contributed by atoms with Gasteiger partial charge in [0.1, 0.15) is 0 Å². The van der Waals surface area contributed by atoms with Gasteiger partial charge in [0.15, 0.2) is 5.16 Å². The minimum atomic E-state index is -0.0125. The van der Waals surface area contributed by atoms with Gasteiger partial charge in [0, 0.05) is 28.2 Å². The highest BCUT2D eigenvalue weighted by molar-refractivity contribution is 8.00. The van der Waals surface area contributed by atoms with Crippen molar-refractivity contribution in [2.24, 2.45) is 0 Å². The molecule has 1 amide bonds. The predicted octanol–water partition coefficient (Wildman–Crippen LogP) is 5.10. The number of carbonyl (C=O) groups is 1. The zero-order chi connectivity index (χ0) is 17.8. The van der Waals surface area contributed by atoms with E-state index in [-0.39, 0.29) is 5.91 Å². The second-order valence-electron chi connectivity index (χ2n) is 6.10. The summed E-state index contributed by atoms with van der Waals surface area (Å²) in [6.07, 6.45) is 6.23. The number of amides is 1. The summed E-state index contributed by atoms with van der Waals surface area (Å²) in [5.74, 6) is 0.343. The summed E-state index contributed by atoms with van der Waals surface area (Å²) in [6, 6.07) is 18.6. The zero-order valence-corrected chi connectivity index (χ0v) is 15.8. The number of carbonyl (C=O) groups excluding carboxylic acids is 1. The highest BCUT2D eigenvalue weighted by atomic mass is 32.2. The van der Waals surface area contributed by atoms with Gasteiger partial charge in [-0.25, -0.2) is 4.98 Å². The van der Waals surface area contributed by atoms with E-state index in [9.17, 15) is 4.79 Å². The van der Waals surface area contributed by atoms with Crippen molar-refractivity contribution >= 4 is 35.1 Å². The van der Waals surface area contributed by atoms with Gasteiger partial charge in [-0.3, -0.25) is 4.79 Å². The van der Waals surface area contributed by atoms with Gasteiger partial charge in [-0.2, -0.15) is 0 Å². The predicted molar refractivity (Wildman–Crippen MR) is 107 cm³/mol. The fourth-order valence-electron chi connectivity index (χ4n) is 2.63. The van der Waals surface area contributed by atoms with Gasteiger partial charge in [-0.05, 0) is 37.1 Å². The average molecular weight is 382 g/mol. The first-order valence-electron chi connectivity index (χ1n) is 8.57. The van der Waals surface area contributed by atoms with Gasteiger partial charge in [-0.1, -0.05) is 53.9 Å². The molecule has 1 aliphatic carbocycles. The highest BCUT2D eigenvalue weighted by Gasteiger charge is 2.25. The lowest BCUT2D eigenvalue weighted by Gasteiger charge is -2.11. The van der Waals surface area contributed by atoms with Crippen LogP contribution in [0.1, 0.15) is 18.9 Å². The molecule has 0 spiro atoms. The monoisotopic (exact) mass is 381 g/mol. The lowest BCUT2D eigenvalue weighted by atomic mass is 10.3. The first-order valence-corrected chi connectivity index (χ1v) is 10.4. The van der Waals surface area contributed by atoms with Gasteiger partial charge < -0.3 is 9.88 Å². The molecule has 4 nitrogen and oxygen atoms in total. The third-order valence-corrected chi connectivity index (χ3v) is 6.10. The first-order chi connectivity index (χ1) is 12.8. The number of benzene rings is 2. The Balaban J connectivity index is 1.39. The van der Waals surface area contributed by atoms with Crippen molar-refractivity contribution in [2.45, 2.75) is 33.8 Å². The molecule has 1 aromatic heterocycles. The van der Waals surface area contributed by atoms with Crippen molar-refractivity contribution < 1.29 is 4.79 Å². The molecular weight excluding hydrogens is 362 g/mol. The summed E-state index contributed by atoms with van der Waals surface area (Å²) in [7, 11) is 0. The largest absolute Gasteiger partial charge is 0.324 e. The van der Waals surface area contributed by atoms with E-state index >= 15 is 0 Å². The molecule has 4 rings (SSSR count). The number of nitrogens with one attached hydrogen (secondary N) is 1. The van der Waals surface area contributed by atoms with E-state index in [0.717, 1.165) is 20.6 Å². The Labute approximate surface area is 161 Å². The normalized spacial score (nSPS) is 13.5. The van der Waals surface area contributed by atoms with Crippen LogP contribution < -0.4 is 5.32 Å². The third-order valence-electron chi connectivity index (χ3n) is 4.04. The summed E-state index contributed by atoms with van der Waals surface area (Å²) in [5.41, 5.74) is 0.845. The molecule has 0 atom stereocenters. The van der Waals surface area contributed by atoms with Crippen molar-refractivity contribution in [1.29, 1.82) is 0 Å². The Bertz CT molecular complexity index is 891. The van der Waals surface area contributed by atoms with Crippen molar-refractivity contribution in [3.05, 3.63) is 67.0 Å². The summed E-state index contributed by atoms with van der Waals surface area (Å²) in [6.45, 7) is 0. The molecule has 0 radical (unpaired) electrons. The van der Waals surface area contributed by atoms with Gasteiger partial charge in [-0.15, -0.1) is 0 Å². The molecule has 3 aromatic rings. The Kier molecular flexibility index (Phi) is 5.32. The Morgan fingerprint density at radius 3 is 2.69 bits per heavy atom. The zero-order valence-electron chi connectivity index (χ0n) is 14.2. The van der Waals surface area contributed by atoms with Crippen molar-refractivity contribution in [2.75, 3.05) is 11.1 Å².